The minimum absolute atomic E-state index is 0.175. The van der Waals surface area contributed by atoms with Gasteiger partial charge in [-0.25, -0.2) is 14.6 Å². The van der Waals surface area contributed by atoms with E-state index < -0.39 is 0 Å². The van der Waals surface area contributed by atoms with Crippen LogP contribution >= 0.6 is 0 Å². The van der Waals surface area contributed by atoms with Gasteiger partial charge < -0.3 is 15.0 Å². The summed E-state index contributed by atoms with van der Waals surface area (Å²) in [5.74, 6) is 0.494. The number of hydrogen-bond donors (Lipinski definition) is 1. The minimum atomic E-state index is -0.175. The molecule has 138 valence electrons. The number of nitrogens with zero attached hydrogens (tertiary/aromatic N) is 5. The Balaban J connectivity index is 1.54. The highest BCUT2D eigenvalue weighted by Gasteiger charge is 2.18. The summed E-state index contributed by atoms with van der Waals surface area (Å²) in [6.45, 7) is 4.88. The summed E-state index contributed by atoms with van der Waals surface area (Å²) in [5.41, 5.74) is 3.20. The lowest BCUT2D eigenvalue weighted by Gasteiger charge is -2.29. The van der Waals surface area contributed by atoms with Gasteiger partial charge in [0.2, 0.25) is 0 Å². The van der Waals surface area contributed by atoms with E-state index in [0.717, 1.165) is 24.3 Å². The zero-order valence-corrected chi connectivity index (χ0v) is 15.0. The second kappa shape index (κ2) is 7.55. The number of rotatable bonds is 4. The van der Waals surface area contributed by atoms with Crippen LogP contribution in [0.1, 0.15) is 15.9 Å². The zero-order valence-electron chi connectivity index (χ0n) is 15.0. The molecule has 1 aliphatic heterocycles. The molecule has 0 radical (unpaired) electrons. The molecule has 3 heterocycles. The van der Waals surface area contributed by atoms with Crippen molar-refractivity contribution < 1.29 is 9.53 Å². The molecule has 4 rings (SSSR count). The summed E-state index contributed by atoms with van der Waals surface area (Å²) in [5, 5.41) is 7.22. The number of anilines is 2. The normalized spacial score (nSPS) is 14.2. The molecular weight excluding hydrogens is 344 g/mol. The number of carbonyl (C=O) groups is 1. The van der Waals surface area contributed by atoms with Crippen LogP contribution in [0, 0.1) is 6.92 Å². The molecule has 3 aromatic rings. The molecule has 1 saturated heterocycles. The van der Waals surface area contributed by atoms with Gasteiger partial charge in [-0.1, -0.05) is 17.7 Å². The lowest BCUT2D eigenvalue weighted by molar-refractivity contribution is 0.102. The maximum atomic E-state index is 12.4. The molecule has 1 amide bonds. The topological polar surface area (TPSA) is 85.2 Å². The highest BCUT2D eigenvalue weighted by atomic mass is 16.5. The van der Waals surface area contributed by atoms with Crippen molar-refractivity contribution in [3.05, 3.63) is 60.3 Å². The number of hydrogen-bond acceptors (Lipinski definition) is 6. The first-order chi connectivity index (χ1) is 13.2. The van der Waals surface area contributed by atoms with E-state index in [1.807, 2.05) is 19.1 Å². The molecule has 0 spiro atoms. The monoisotopic (exact) mass is 364 g/mol. The quantitative estimate of drug-likeness (QED) is 0.763. The van der Waals surface area contributed by atoms with Crippen LogP contribution in [0.4, 0.5) is 11.4 Å². The lowest BCUT2D eigenvalue weighted by atomic mass is 10.1. The van der Waals surface area contributed by atoms with Gasteiger partial charge in [-0.3, -0.25) is 4.79 Å². The average molecular weight is 364 g/mol. The third-order valence-electron chi connectivity index (χ3n) is 4.40. The van der Waals surface area contributed by atoms with Crippen LogP contribution < -0.4 is 10.2 Å². The third kappa shape index (κ3) is 3.80. The molecule has 0 atom stereocenters. The van der Waals surface area contributed by atoms with Crippen molar-refractivity contribution >= 4 is 17.3 Å². The fourth-order valence-electron chi connectivity index (χ4n) is 2.93. The Bertz CT molecular complexity index is 931. The number of aromatic nitrogens is 4. The molecule has 0 unspecified atom stereocenters. The summed E-state index contributed by atoms with van der Waals surface area (Å²) in [7, 11) is 0. The van der Waals surface area contributed by atoms with Crippen molar-refractivity contribution in [3.8, 4) is 5.82 Å². The Kier molecular flexibility index (Phi) is 4.80. The van der Waals surface area contributed by atoms with Crippen LogP contribution in [0.2, 0.25) is 0 Å². The van der Waals surface area contributed by atoms with Crippen LogP contribution in [-0.2, 0) is 4.74 Å². The molecule has 8 heteroatoms. The molecule has 0 aliphatic carbocycles. The largest absolute Gasteiger partial charge is 0.378 e. The van der Waals surface area contributed by atoms with Crippen LogP contribution in [0.3, 0.4) is 0 Å². The number of morpholine rings is 1. The number of carbonyl (C=O) groups excluding carboxylic acids is 1. The third-order valence-corrected chi connectivity index (χ3v) is 4.40. The van der Waals surface area contributed by atoms with Gasteiger partial charge in [-0.2, -0.15) is 5.10 Å². The second-order valence-corrected chi connectivity index (χ2v) is 6.32. The predicted molar refractivity (Wildman–Crippen MR) is 101 cm³/mol. The second-order valence-electron chi connectivity index (χ2n) is 6.32. The number of nitrogens with one attached hydrogen (secondary N) is 1. The smallest absolute Gasteiger partial charge is 0.255 e. The Hall–Kier alpha value is -3.26. The zero-order chi connectivity index (χ0) is 18.6. The van der Waals surface area contributed by atoms with Gasteiger partial charge in [0.1, 0.15) is 12.0 Å². The molecule has 27 heavy (non-hydrogen) atoms. The van der Waals surface area contributed by atoms with E-state index in [1.165, 1.54) is 6.33 Å². The number of aryl methyl sites for hydroxylation is 1. The molecule has 8 nitrogen and oxygen atoms in total. The summed E-state index contributed by atoms with van der Waals surface area (Å²) in [6, 6.07) is 7.42. The van der Waals surface area contributed by atoms with E-state index in [-0.39, 0.29) is 5.91 Å². The van der Waals surface area contributed by atoms with Gasteiger partial charge in [-0.05, 0) is 19.1 Å². The van der Waals surface area contributed by atoms with Gasteiger partial charge in [0.25, 0.3) is 5.91 Å². The van der Waals surface area contributed by atoms with Crippen LogP contribution in [0.25, 0.3) is 5.82 Å². The van der Waals surface area contributed by atoms with Crippen molar-refractivity contribution in [1.29, 1.82) is 0 Å². The first-order valence-electron chi connectivity index (χ1n) is 8.76. The molecule has 0 saturated carbocycles. The van der Waals surface area contributed by atoms with E-state index in [2.05, 4.69) is 25.3 Å². The van der Waals surface area contributed by atoms with E-state index in [4.69, 9.17) is 4.74 Å². The van der Waals surface area contributed by atoms with Gasteiger partial charge in [0, 0.05) is 18.7 Å². The SMILES string of the molecule is Cc1ccc(C(=O)Nc2cnn(-c3ncncc3N3CCOCC3)c2)cc1. The molecule has 1 N–H and O–H groups in total. The fraction of sp³-hybridized carbons (Fsp3) is 0.263. The van der Waals surface area contributed by atoms with Crippen LogP contribution in [-0.4, -0.2) is 52.0 Å². The average Bonchev–Trinajstić information content (AvgIpc) is 3.17. The van der Waals surface area contributed by atoms with E-state index in [0.29, 0.717) is 30.3 Å². The fourth-order valence-corrected chi connectivity index (χ4v) is 2.93. The van der Waals surface area contributed by atoms with Gasteiger partial charge in [0.05, 0.1) is 37.5 Å². The molecule has 0 bridgehead atoms. The number of benzene rings is 1. The summed E-state index contributed by atoms with van der Waals surface area (Å²) in [4.78, 5) is 23.1. The Morgan fingerprint density at radius 3 is 2.70 bits per heavy atom. The van der Waals surface area contributed by atoms with Crippen LogP contribution in [0.15, 0.2) is 49.2 Å². The van der Waals surface area contributed by atoms with Crippen molar-refractivity contribution in [1.82, 2.24) is 19.7 Å². The maximum Gasteiger partial charge on any atom is 0.255 e. The van der Waals surface area contributed by atoms with Crippen molar-refractivity contribution in [2.45, 2.75) is 6.92 Å². The Morgan fingerprint density at radius 2 is 1.93 bits per heavy atom. The highest BCUT2D eigenvalue weighted by molar-refractivity contribution is 6.04. The molecular formula is C19H20N6O2. The molecule has 1 aromatic carbocycles. The highest BCUT2D eigenvalue weighted by Crippen LogP contribution is 2.22. The van der Waals surface area contributed by atoms with Crippen molar-refractivity contribution in [3.63, 3.8) is 0 Å². The van der Waals surface area contributed by atoms with E-state index >= 15 is 0 Å². The standard InChI is InChI=1S/C19H20N6O2/c1-14-2-4-15(5-3-14)19(26)23-16-10-22-25(12-16)18-17(11-20-13-21-18)24-6-8-27-9-7-24/h2-5,10-13H,6-9H2,1H3,(H,23,26). The predicted octanol–water partition coefficient (Wildman–Crippen LogP) is 2.06. The van der Waals surface area contributed by atoms with Crippen molar-refractivity contribution in [2.75, 3.05) is 36.5 Å². The van der Waals surface area contributed by atoms with Gasteiger partial charge in [-0.15, -0.1) is 0 Å². The number of ether oxygens (including phenoxy) is 1. The molecule has 1 aliphatic rings. The van der Waals surface area contributed by atoms with Gasteiger partial charge in [0.15, 0.2) is 5.82 Å². The van der Waals surface area contributed by atoms with Crippen LogP contribution in [0.5, 0.6) is 0 Å². The number of amides is 1. The van der Waals surface area contributed by atoms with E-state index in [9.17, 15) is 4.79 Å². The molecule has 2 aromatic heterocycles. The summed E-state index contributed by atoms with van der Waals surface area (Å²) < 4.78 is 7.06. The maximum absolute atomic E-state index is 12.4. The Morgan fingerprint density at radius 1 is 1.15 bits per heavy atom. The van der Waals surface area contributed by atoms with Gasteiger partial charge >= 0.3 is 0 Å². The summed E-state index contributed by atoms with van der Waals surface area (Å²) >= 11 is 0. The Labute approximate surface area is 156 Å². The molecule has 1 fully saturated rings. The van der Waals surface area contributed by atoms with E-state index in [1.54, 1.807) is 35.4 Å². The minimum Gasteiger partial charge on any atom is -0.378 e. The first-order valence-corrected chi connectivity index (χ1v) is 8.76. The van der Waals surface area contributed by atoms with Crippen molar-refractivity contribution in [2.24, 2.45) is 0 Å². The first kappa shape index (κ1) is 17.2. The lowest BCUT2D eigenvalue weighted by Crippen LogP contribution is -2.37. The summed E-state index contributed by atoms with van der Waals surface area (Å²) in [6.07, 6.45) is 6.63.